The van der Waals surface area contributed by atoms with E-state index in [0.29, 0.717) is 35.1 Å². The summed E-state index contributed by atoms with van der Waals surface area (Å²) in [6.45, 7) is 4.05. The zero-order valence-corrected chi connectivity index (χ0v) is 21.4. The van der Waals surface area contributed by atoms with Crippen molar-refractivity contribution in [3.8, 4) is 22.8 Å². The van der Waals surface area contributed by atoms with Crippen LogP contribution in [0.5, 0.6) is 11.6 Å². The zero-order chi connectivity index (χ0) is 25.6. The van der Waals surface area contributed by atoms with E-state index in [1.165, 1.54) is 35.7 Å². The number of aryl methyl sites for hydroxylation is 1. The molecule has 0 bridgehead atoms. The number of pyridine rings is 1. The number of ether oxygens (including phenoxy) is 2. The summed E-state index contributed by atoms with van der Waals surface area (Å²) < 4.78 is 63.9. The molecule has 0 radical (unpaired) electrons. The summed E-state index contributed by atoms with van der Waals surface area (Å²) in [5.41, 5.74) is 3.97. The van der Waals surface area contributed by atoms with Gasteiger partial charge in [0.15, 0.2) is 0 Å². The molecule has 36 heavy (non-hydrogen) atoms. The van der Waals surface area contributed by atoms with Crippen LogP contribution in [0.25, 0.3) is 11.1 Å². The highest BCUT2D eigenvalue weighted by Gasteiger charge is 2.52. The maximum Gasteiger partial charge on any atom is 0.213 e. The first-order valence-electron chi connectivity index (χ1n) is 12.1. The third kappa shape index (κ3) is 4.96. The minimum Gasteiger partial charge on any atom is -0.489 e. The van der Waals surface area contributed by atoms with Crippen LogP contribution in [0.1, 0.15) is 41.5 Å². The molecule has 5 nitrogen and oxygen atoms in total. The van der Waals surface area contributed by atoms with E-state index in [9.17, 15) is 12.8 Å². The topological polar surface area (TPSA) is 65.5 Å². The predicted molar refractivity (Wildman–Crippen MR) is 134 cm³/mol. The van der Waals surface area contributed by atoms with Crippen molar-refractivity contribution in [1.29, 1.82) is 0 Å². The highest BCUT2D eigenvalue weighted by atomic mass is 32.2. The van der Waals surface area contributed by atoms with Crippen molar-refractivity contribution in [1.82, 2.24) is 4.98 Å². The molecule has 2 aliphatic carbocycles. The van der Waals surface area contributed by atoms with Crippen LogP contribution in [0, 0.1) is 30.4 Å². The normalized spacial score (nSPS) is 20.1. The van der Waals surface area contributed by atoms with Gasteiger partial charge >= 0.3 is 0 Å². The van der Waals surface area contributed by atoms with Crippen molar-refractivity contribution < 1.29 is 26.7 Å². The lowest BCUT2D eigenvalue weighted by Crippen LogP contribution is -2.08. The second-order valence-corrected chi connectivity index (χ2v) is 12.2. The van der Waals surface area contributed by atoms with Crippen LogP contribution in [-0.4, -0.2) is 32.0 Å². The van der Waals surface area contributed by atoms with Gasteiger partial charge in [-0.2, -0.15) is 0 Å². The van der Waals surface area contributed by atoms with Crippen molar-refractivity contribution in [2.75, 3.05) is 18.6 Å². The van der Waals surface area contributed by atoms with Crippen LogP contribution in [0.15, 0.2) is 42.6 Å². The van der Waals surface area contributed by atoms with Crippen molar-refractivity contribution >= 4 is 9.84 Å². The third-order valence-electron chi connectivity index (χ3n) is 7.35. The van der Waals surface area contributed by atoms with E-state index in [-0.39, 0.29) is 30.1 Å². The van der Waals surface area contributed by atoms with E-state index < -0.39 is 21.5 Å². The average molecular weight is 514 g/mol. The Labute approximate surface area is 210 Å². The van der Waals surface area contributed by atoms with Crippen molar-refractivity contribution in [3.63, 3.8) is 0 Å². The minimum absolute atomic E-state index is 0.0292. The molecule has 3 atom stereocenters. The van der Waals surface area contributed by atoms with Gasteiger partial charge in [0.25, 0.3) is 0 Å². The highest BCUT2D eigenvalue weighted by Crippen LogP contribution is 2.61. The van der Waals surface area contributed by atoms with Gasteiger partial charge in [-0.1, -0.05) is 13.0 Å². The lowest BCUT2D eigenvalue weighted by Gasteiger charge is -2.14. The molecule has 0 aliphatic heterocycles. The molecule has 8 heteroatoms. The Bertz CT molecular complexity index is 1420. The standard InChI is InChI=1S/C28H29F2NO4S/c1-16-11-26(34-9-4-10-36(3,32)33)31-14-23(16)21-7-8-25(29)24(28(21)30)15-35-19-5-6-20-18(12-19)13-22-17(2)27(20)22/h5-8,11-12,14,17,22,27H,4,9-10,13,15H2,1-3H3/t17-,22-,27-/m0/s1. The van der Waals surface area contributed by atoms with E-state index in [4.69, 9.17) is 9.47 Å². The van der Waals surface area contributed by atoms with Crippen LogP contribution in [0.3, 0.4) is 0 Å². The van der Waals surface area contributed by atoms with E-state index in [1.54, 1.807) is 13.0 Å². The highest BCUT2D eigenvalue weighted by molar-refractivity contribution is 7.90. The molecule has 0 unspecified atom stereocenters. The van der Waals surface area contributed by atoms with E-state index in [1.807, 2.05) is 12.1 Å². The molecule has 1 saturated carbocycles. The maximum absolute atomic E-state index is 15.4. The number of hydrogen-bond acceptors (Lipinski definition) is 5. The van der Waals surface area contributed by atoms with Gasteiger partial charge in [0, 0.05) is 29.6 Å². The maximum atomic E-state index is 15.4. The predicted octanol–water partition coefficient (Wildman–Crippen LogP) is 5.63. The summed E-state index contributed by atoms with van der Waals surface area (Å²) >= 11 is 0. The number of rotatable bonds is 9. The molecule has 1 aromatic heterocycles. The molecule has 5 rings (SSSR count). The molecule has 190 valence electrons. The van der Waals surface area contributed by atoms with Crippen molar-refractivity contribution in [2.24, 2.45) is 11.8 Å². The summed E-state index contributed by atoms with van der Waals surface area (Å²) in [5, 5.41) is 0. The summed E-state index contributed by atoms with van der Waals surface area (Å²) in [6.07, 6.45) is 4.05. The molecule has 0 N–H and O–H groups in total. The van der Waals surface area contributed by atoms with Gasteiger partial charge in [0.2, 0.25) is 5.88 Å². The second-order valence-electron chi connectivity index (χ2n) is 9.96. The number of fused-ring (bicyclic) bond motifs is 3. The van der Waals surface area contributed by atoms with Gasteiger partial charge < -0.3 is 9.47 Å². The Morgan fingerprint density at radius 3 is 2.64 bits per heavy atom. The molecule has 0 saturated heterocycles. The Morgan fingerprint density at radius 2 is 1.89 bits per heavy atom. The molecule has 2 aliphatic rings. The van der Waals surface area contributed by atoms with Crippen LogP contribution < -0.4 is 9.47 Å². The number of hydrogen-bond donors (Lipinski definition) is 0. The van der Waals surface area contributed by atoms with E-state index >= 15 is 4.39 Å². The van der Waals surface area contributed by atoms with Gasteiger partial charge in [-0.15, -0.1) is 0 Å². The number of sulfone groups is 1. The molecule has 1 fully saturated rings. The number of nitrogens with zero attached hydrogens (tertiary/aromatic N) is 1. The van der Waals surface area contributed by atoms with E-state index in [2.05, 4.69) is 18.0 Å². The number of benzene rings is 2. The van der Waals surface area contributed by atoms with E-state index in [0.717, 1.165) is 18.3 Å². The molecule has 1 heterocycles. The van der Waals surface area contributed by atoms with Crippen LogP contribution >= 0.6 is 0 Å². The summed E-state index contributed by atoms with van der Waals surface area (Å²) in [4.78, 5) is 4.22. The molecule has 3 aromatic rings. The fourth-order valence-electron chi connectivity index (χ4n) is 5.28. The summed E-state index contributed by atoms with van der Waals surface area (Å²) in [6, 6.07) is 10.3. The third-order valence-corrected chi connectivity index (χ3v) is 8.38. The minimum atomic E-state index is -3.05. The lowest BCUT2D eigenvalue weighted by atomic mass is 9.99. The Hall–Kier alpha value is -3.00. The van der Waals surface area contributed by atoms with Gasteiger partial charge in [0.1, 0.15) is 33.8 Å². The Morgan fingerprint density at radius 1 is 1.08 bits per heavy atom. The van der Waals surface area contributed by atoms with Gasteiger partial charge in [-0.3, -0.25) is 0 Å². The second kappa shape index (κ2) is 9.47. The monoisotopic (exact) mass is 513 g/mol. The van der Waals surface area contributed by atoms with Gasteiger partial charge in [-0.05, 0) is 78.5 Å². The number of aromatic nitrogens is 1. The molecule has 0 amide bonds. The van der Waals surface area contributed by atoms with Gasteiger partial charge in [0.05, 0.1) is 17.9 Å². The smallest absolute Gasteiger partial charge is 0.213 e. The quantitative estimate of drug-likeness (QED) is 0.347. The first-order valence-corrected chi connectivity index (χ1v) is 14.2. The SMILES string of the molecule is Cc1cc(OCCCS(C)(=O)=O)ncc1-c1ccc(F)c(COc2ccc3c(c2)C[C@H]2[C@H](C)[C@@H]32)c1F. The summed E-state index contributed by atoms with van der Waals surface area (Å²) in [7, 11) is -3.05. The largest absolute Gasteiger partial charge is 0.489 e. The molecular weight excluding hydrogens is 484 g/mol. The average Bonchev–Trinajstić information content (AvgIpc) is 3.27. The molecule has 0 spiro atoms. The van der Waals surface area contributed by atoms with Gasteiger partial charge in [-0.25, -0.2) is 22.2 Å². The summed E-state index contributed by atoms with van der Waals surface area (Å²) in [5.74, 6) is 1.74. The molecular formula is C28H29F2NO4S. The number of halogens is 2. The first kappa shape index (κ1) is 24.7. The van der Waals surface area contributed by atoms with Crippen LogP contribution in [0.2, 0.25) is 0 Å². The lowest BCUT2D eigenvalue weighted by molar-refractivity contribution is 0.292. The fourth-order valence-corrected chi connectivity index (χ4v) is 5.92. The Balaban J connectivity index is 1.29. The van der Waals surface area contributed by atoms with Crippen LogP contribution in [0.4, 0.5) is 8.78 Å². The first-order chi connectivity index (χ1) is 17.1. The van der Waals surface area contributed by atoms with Crippen molar-refractivity contribution in [2.45, 2.75) is 39.2 Å². The van der Waals surface area contributed by atoms with Crippen molar-refractivity contribution in [3.05, 3.63) is 76.5 Å². The molecule has 2 aromatic carbocycles. The zero-order valence-electron chi connectivity index (χ0n) is 20.6. The van der Waals surface area contributed by atoms with Crippen LogP contribution in [-0.2, 0) is 22.9 Å². The Kier molecular flexibility index (Phi) is 6.49. The fraction of sp³-hybridized carbons (Fsp3) is 0.393.